The maximum atomic E-state index is 12.8. The molecule has 0 radical (unpaired) electrons. The Bertz CT molecular complexity index is 1220. The van der Waals surface area contributed by atoms with Crippen LogP contribution < -0.4 is 10.6 Å². The number of aromatic nitrogens is 3. The second kappa shape index (κ2) is 11.6. The fourth-order valence-electron chi connectivity index (χ4n) is 4.18. The molecule has 0 fully saturated rings. The van der Waals surface area contributed by atoms with Crippen molar-refractivity contribution in [1.29, 1.82) is 0 Å². The summed E-state index contributed by atoms with van der Waals surface area (Å²) in [7, 11) is 0. The van der Waals surface area contributed by atoms with Crippen LogP contribution in [0, 0.1) is 0 Å². The third-order valence-electron chi connectivity index (χ3n) is 5.99. The molecule has 0 spiro atoms. The highest BCUT2D eigenvalue weighted by Crippen LogP contribution is 2.26. The molecule has 0 aliphatic heterocycles. The number of hydrogen-bond donors (Lipinski definition) is 1. The highest BCUT2D eigenvalue weighted by atomic mass is 16.5. The van der Waals surface area contributed by atoms with E-state index in [1.54, 1.807) is 6.33 Å². The van der Waals surface area contributed by atoms with Crippen LogP contribution in [0.3, 0.4) is 0 Å². The molecule has 0 bridgehead atoms. The van der Waals surface area contributed by atoms with Crippen molar-refractivity contribution in [3.05, 3.63) is 60.9 Å². The van der Waals surface area contributed by atoms with Crippen molar-refractivity contribution in [2.75, 3.05) is 30.4 Å². The smallest absolute Gasteiger partial charge is 0.226 e. The molecule has 2 aromatic heterocycles. The summed E-state index contributed by atoms with van der Waals surface area (Å²) >= 11 is 0. The maximum absolute atomic E-state index is 12.8. The Morgan fingerprint density at radius 3 is 2.65 bits per heavy atom. The zero-order valence-electron chi connectivity index (χ0n) is 19.8. The Hall–Kier alpha value is -3.45. The van der Waals surface area contributed by atoms with Crippen LogP contribution in [0.25, 0.3) is 21.9 Å². The first kappa shape index (κ1) is 23.7. The van der Waals surface area contributed by atoms with E-state index in [4.69, 9.17) is 10.5 Å². The van der Waals surface area contributed by atoms with E-state index in [0.717, 1.165) is 59.9 Å². The van der Waals surface area contributed by atoms with E-state index in [2.05, 4.69) is 21.5 Å². The number of rotatable bonds is 12. The lowest BCUT2D eigenvalue weighted by molar-refractivity contribution is -0.118. The molecule has 0 saturated heterocycles. The van der Waals surface area contributed by atoms with Crippen molar-refractivity contribution in [2.24, 2.45) is 0 Å². The van der Waals surface area contributed by atoms with Gasteiger partial charge in [-0.2, -0.15) is 0 Å². The number of carbonyl (C=O) groups is 1. The maximum Gasteiger partial charge on any atom is 0.226 e. The zero-order chi connectivity index (χ0) is 23.8. The van der Waals surface area contributed by atoms with Crippen LogP contribution in [0.15, 0.2) is 60.9 Å². The van der Waals surface area contributed by atoms with Crippen molar-refractivity contribution in [3.8, 4) is 0 Å². The number of imidazole rings is 1. The van der Waals surface area contributed by atoms with Gasteiger partial charge in [0, 0.05) is 37.2 Å². The first-order valence-corrected chi connectivity index (χ1v) is 12.1. The van der Waals surface area contributed by atoms with Crippen LogP contribution >= 0.6 is 0 Å². The number of amides is 1. The van der Waals surface area contributed by atoms with Crippen molar-refractivity contribution in [2.45, 2.75) is 45.6 Å². The van der Waals surface area contributed by atoms with E-state index in [-0.39, 0.29) is 5.91 Å². The summed E-state index contributed by atoms with van der Waals surface area (Å²) in [5.74, 6) is 0.629. The minimum absolute atomic E-state index is 0.183. The molecule has 2 aromatic carbocycles. The molecule has 34 heavy (non-hydrogen) atoms. The van der Waals surface area contributed by atoms with Gasteiger partial charge in [-0.3, -0.25) is 4.79 Å². The second-order valence-corrected chi connectivity index (χ2v) is 8.45. The Morgan fingerprint density at radius 2 is 1.82 bits per heavy atom. The van der Waals surface area contributed by atoms with E-state index in [1.807, 2.05) is 59.5 Å². The van der Waals surface area contributed by atoms with Gasteiger partial charge in [0.15, 0.2) is 5.82 Å². The fraction of sp³-hybridized carbons (Fsp3) is 0.370. The first-order chi connectivity index (χ1) is 16.7. The van der Waals surface area contributed by atoms with Gasteiger partial charge in [-0.15, -0.1) is 0 Å². The van der Waals surface area contributed by atoms with Crippen LogP contribution in [-0.2, 0) is 16.1 Å². The van der Waals surface area contributed by atoms with E-state index < -0.39 is 0 Å². The van der Waals surface area contributed by atoms with E-state index >= 15 is 0 Å². The van der Waals surface area contributed by atoms with Crippen LogP contribution in [0.4, 0.5) is 11.5 Å². The Balaban J connectivity index is 1.24. The van der Waals surface area contributed by atoms with Crippen LogP contribution in [0.5, 0.6) is 0 Å². The number of fused-ring (bicyclic) bond motifs is 3. The number of para-hydroxylation sites is 2. The van der Waals surface area contributed by atoms with Crippen LogP contribution in [0.1, 0.15) is 39.0 Å². The van der Waals surface area contributed by atoms with Crippen molar-refractivity contribution < 1.29 is 9.53 Å². The predicted octanol–water partition coefficient (Wildman–Crippen LogP) is 5.19. The molecule has 0 unspecified atom stereocenters. The Labute approximate surface area is 200 Å². The highest BCUT2D eigenvalue weighted by Gasteiger charge is 2.15. The number of pyridine rings is 1. The van der Waals surface area contributed by atoms with Gasteiger partial charge in [-0.25, -0.2) is 9.97 Å². The number of nitrogens with zero attached hydrogens (tertiary/aromatic N) is 4. The normalized spacial score (nSPS) is 11.3. The van der Waals surface area contributed by atoms with E-state index in [9.17, 15) is 4.79 Å². The molecule has 0 saturated carbocycles. The van der Waals surface area contributed by atoms with Crippen molar-refractivity contribution in [1.82, 2.24) is 14.5 Å². The predicted molar refractivity (Wildman–Crippen MR) is 138 cm³/mol. The topological polar surface area (TPSA) is 86.3 Å². The summed E-state index contributed by atoms with van der Waals surface area (Å²) in [4.78, 5) is 23.6. The Kier molecular flexibility index (Phi) is 8.09. The number of carbonyl (C=O) groups excluding carboxylic acids is 1. The monoisotopic (exact) mass is 459 g/mol. The minimum Gasteiger partial charge on any atom is -0.382 e. The summed E-state index contributed by atoms with van der Waals surface area (Å²) in [6.45, 7) is 4.80. The lowest BCUT2D eigenvalue weighted by Gasteiger charge is -2.22. The Morgan fingerprint density at radius 1 is 1.03 bits per heavy atom. The molecule has 4 aromatic rings. The lowest BCUT2D eigenvalue weighted by atomic mass is 10.2. The minimum atomic E-state index is 0.183. The molecule has 7 nitrogen and oxygen atoms in total. The molecule has 0 atom stereocenters. The molecular weight excluding hydrogens is 426 g/mol. The second-order valence-electron chi connectivity index (χ2n) is 8.45. The quantitative estimate of drug-likeness (QED) is 0.295. The third kappa shape index (κ3) is 5.54. The molecule has 0 aliphatic carbocycles. The number of benzene rings is 2. The molecule has 7 heteroatoms. The molecular formula is C27H33N5O2. The van der Waals surface area contributed by atoms with Gasteiger partial charge in [0.1, 0.15) is 5.52 Å². The number of hydrogen-bond acceptors (Lipinski definition) is 5. The lowest BCUT2D eigenvalue weighted by Crippen LogP contribution is -2.31. The highest BCUT2D eigenvalue weighted by molar-refractivity contribution is 6.06. The number of nitrogens with two attached hydrogens (primary N) is 1. The average molecular weight is 460 g/mol. The summed E-state index contributed by atoms with van der Waals surface area (Å²) in [6.07, 6.45) is 6.07. The molecule has 0 aliphatic rings. The van der Waals surface area contributed by atoms with Gasteiger partial charge in [-0.1, -0.05) is 49.7 Å². The van der Waals surface area contributed by atoms with Gasteiger partial charge in [0.25, 0.3) is 0 Å². The third-order valence-corrected chi connectivity index (χ3v) is 5.99. The molecule has 4 rings (SSSR count). The van der Waals surface area contributed by atoms with Gasteiger partial charge >= 0.3 is 0 Å². The van der Waals surface area contributed by atoms with Gasteiger partial charge < -0.3 is 19.9 Å². The van der Waals surface area contributed by atoms with Gasteiger partial charge in [0.05, 0.1) is 24.0 Å². The summed E-state index contributed by atoms with van der Waals surface area (Å²) in [5, 5.41) is 1.04. The number of anilines is 2. The molecule has 2 heterocycles. The van der Waals surface area contributed by atoms with Gasteiger partial charge in [-0.05, 0) is 37.5 Å². The number of nitrogen functional groups attached to an aromatic ring is 1. The average Bonchev–Trinajstić information content (AvgIpc) is 3.29. The summed E-state index contributed by atoms with van der Waals surface area (Å²) < 4.78 is 7.94. The summed E-state index contributed by atoms with van der Waals surface area (Å²) in [6, 6.07) is 17.9. The van der Waals surface area contributed by atoms with E-state index in [0.29, 0.717) is 32.0 Å². The van der Waals surface area contributed by atoms with Crippen molar-refractivity contribution >= 4 is 39.3 Å². The summed E-state index contributed by atoms with van der Waals surface area (Å²) in [5.41, 5.74) is 9.67. The molecule has 1 amide bonds. The number of ether oxygens (including phenoxy) is 1. The SMILES string of the molecule is CCCCN(C(=O)CCCCOCCn1cnc2c(N)nc3ccccc3c21)c1ccccc1. The van der Waals surface area contributed by atoms with Crippen LogP contribution in [0.2, 0.25) is 0 Å². The van der Waals surface area contributed by atoms with Crippen LogP contribution in [-0.4, -0.2) is 40.2 Å². The molecule has 178 valence electrons. The standard InChI is InChI=1S/C27H33N5O2/c1-2-3-16-32(21-11-5-4-6-12-21)24(33)15-9-10-18-34-19-17-31-20-29-25-26(31)22-13-7-8-14-23(22)30-27(25)28/h4-8,11-14,20H,2-3,9-10,15-19H2,1H3,(H2,28,30). The first-order valence-electron chi connectivity index (χ1n) is 12.1. The largest absolute Gasteiger partial charge is 0.382 e. The van der Waals surface area contributed by atoms with E-state index in [1.165, 1.54) is 0 Å². The van der Waals surface area contributed by atoms with Crippen molar-refractivity contribution in [3.63, 3.8) is 0 Å². The molecule has 2 N–H and O–H groups in total. The zero-order valence-corrected chi connectivity index (χ0v) is 19.8. The number of unbranched alkanes of at least 4 members (excludes halogenated alkanes) is 2. The van der Waals surface area contributed by atoms with Gasteiger partial charge in [0.2, 0.25) is 5.91 Å². The fourth-order valence-corrected chi connectivity index (χ4v) is 4.18.